The highest BCUT2D eigenvalue weighted by Gasteiger charge is 2.45. The van der Waals surface area contributed by atoms with Crippen molar-refractivity contribution in [3.05, 3.63) is 29.3 Å². The maximum absolute atomic E-state index is 13.0. The summed E-state index contributed by atoms with van der Waals surface area (Å²) in [7, 11) is 0. The van der Waals surface area contributed by atoms with Gasteiger partial charge >= 0.3 is 0 Å². The largest absolute Gasteiger partial charge is 0.382 e. The van der Waals surface area contributed by atoms with E-state index in [1.54, 1.807) is 19.1 Å². The van der Waals surface area contributed by atoms with Gasteiger partial charge in [-0.05, 0) is 25.5 Å². The topological polar surface area (TPSA) is 157 Å². The van der Waals surface area contributed by atoms with E-state index >= 15 is 0 Å². The highest BCUT2D eigenvalue weighted by Crippen LogP contribution is 2.32. The molecule has 3 rings (SSSR count). The third kappa shape index (κ3) is 4.89. The number of nitrogens with zero attached hydrogens (tertiary/aromatic N) is 1. The molecule has 0 radical (unpaired) electrons. The van der Waals surface area contributed by atoms with Crippen molar-refractivity contribution in [3.8, 4) is 0 Å². The molecule has 31 heavy (non-hydrogen) atoms. The highest BCUT2D eigenvalue weighted by atomic mass is 16.5. The summed E-state index contributed by atoms with van der Waals surface area (Å²) < 4.78 is 10.6. The number of imide groups is 2. The van der Waals surface area contributed by atoms with Gasteiger partial charge in [0.05, 0.1) is 30.9 Å². The van der Waals surface area contributed by atoms with Crippen molar-refractivity contribution in [2.75, 3.05) is 31.7 Å². The lowest BCUT2D eigenvalue weighted by Gasteiger charge is -2.27. The zero-order valence-corrected chi connectivity index (χ0v) is 17.0. The van der Waals surface area contributed by atoms with Crippen LogP contribution >= 0.6 is 0 Å². The third-order valence-corrected chi connectivity index (χ3v) is 5.03. The molecule has 1 aromatic carbocycles. The molecule has 4 N–H and O–H groups in total. The summed E-state index contributed by atoms with van der Waals surface area (Å²) in [6.45, 7) is 2.65. The Hall–Kier alpha value is -3.31. The smallest absolute Gasteiger partial charge is 0.264 e. The average Bonchev–Trinajstić information content (AvgIpc) is 2.98. The molecule has 0 aliphatic carbocycles. The summed E-state index contributed by atoms with van der Waals surface area (Å²) in [5.41, 5.74) is 5.94. The number of primary amides is 1. The standard InChI is InChI=1S/C20H24N4O7/c1-11(17(21)26)31-10-9-30-8-7-22-13-4-2-3-12-16(13)20(29)24(19(12)28)14-5-6-15(25)23-18(14)27/h2-4,11,14,22H,5-10H2,1H3,(H2,21,26)(H,23,25,27). The maximum Gasteiger partial charge on any atom is 0.264 e. The van der Waals surface area contributed by atoms with Gasteiger partial charge in [-0.2, -0.15) is 0 Å². The van der Waals surface area contributed by atoms with Crippen LogP contribution in [-0.4, -0.2) is 72.9 Å². The van der Waals surface area contributed by atoms with Crippen LogP contribution in [0.5, 0.6) is 0 Å². The Labute approximate surface area is 178 Å². The highest BCUT2D eigenvalue weighted by molar-refractivity contribution is 6.25. The van der Waals surface area contributed by atoms with Gasteiger partial charge in [0.1, 0.15) is 12.1 Å². The number of carbonyl (C=O) groups excluding carboxylic acids is 5. The molecular weight excluding hydrogens is 408 g/mol. The summed E-state index contributed by atoms with van der Waals surface area (Å²) in [5.74, 6) is -2.76. The van der Waals surface area contributed by atoms with E-state index in [1.807, 2.05) is 0 Å². The number of hydrogen-bond acceptors (Lipinski definition) is 8. The van der Waals surface area contributed by atoms with Gasteiger partial charge in [-0.3, -0.25) is 34.2 Å². The quantitative estimate of drug-likeness (QED) is 0.327. The average molecular weight is 432 g/mol. The first kappa shape index (κ1) is 22.4. The van der Waals surface area contributed by atoms with Gasteiger partial charge in [0.2, 0.25) is 17.7 Å². The van der Waals surface area contributed by atoms with Gasteiger partial charge in [-0.15, -0.1) is 0 Å². The molecule has 11 nitrogen and oxygen atoms in total. The number of anilines is 1. The van der Waals surface area contributed by atoms with E-state index in [2.05, 4.69) is 10.6 Å². The summed E-state index contributed by atoms with van der Waals surface area (Å²) in [6.07, 6.45) is -0.526. The zero-order valence-electron chi connectivity index (χ0n) is 17.0. The first-order valence-corrected chi connectivity index (χ1v) is 9.88. The van der Waals surface area contributed by atoms with E-state index in [0.717, 1.165) is 4.90 Å². The molecular formula is C20H24N4O7. The van der Waals surface area contributed by atoms with Crippen LogP contribution in [0.1, 0.15) is 40.5 Å². The number of fused-ring (bicyclic) bond motifs is 1. The fourth-order valence-corrected chi connectivity index (χ4v) is 3.39. The maximum atomic E-state index is 13.0. The minimum absolute atomic E-state index is 0.0637. The minimum Gasteiger partial charge on any atom is -0.382 e. The number of rotatable bonds is 10. The van der Waals surface area contributed by atoms with Crippen molar-refractivity contribution in [1.29, 1.82) is 0 Å². The number of amides is 5. The van der Waals surface area contributed by atoms with Crippen molar-refractivity contribution >= 4 is 35.2 Å². The summed E-state index contributed by atoms with van der Waals surface area (Å²) in [4.78, 5) is 61.1. The molecule has 2 aliphatic rings. The molecule has 1 aromatic rings. The summed E-state index contributed by atoms with van der Waals surface area (Å²) in [5, 5.41) is 5.23. The Balaban J connectivity index is 1.56. The van der Waals surface area contributed by atoms with Crippen molar-refractivity contribution in [2.45, 2.75) is 31.9 Å². The second-order valence-corrected chi connectivity index (χ2v) is 7.13. The van der Waals surface area contributed by atoms with Gasteiger partial charge < -0.3 is 20.5 Å². The predicted octanol–water partition coefficient (Wildman–Crippen LogP) is -0.593. The second-order valence-electron chi connectivity index (χ2n) is 7.13. The van der Waals surface area contributed by atoms with Crippen molar-refractivity contribution in [1.82, 2.24) is 10.2 Å². The Morgan fingerprint density at radius 1 is 1.23 bits per heavy atom. The minimum atomic E-state index is -1.01. The predicted molar refractivity (Wildman–Crippen MR) is 107 cm³/mol. The molecule has 0 saturated carbocycles. The van der Waals surface area contributed by atoms with E-state index in [1.165, 1.54) is 6.07 Å². The van der Waals surface area contributed by atoms with Crippen LogP contribution in [0.3, 0.4) is 0 Å². The Kier molecular flexibility index (Phi) is 6.98. The van der Waals surface area contributed by atoms with Crippen molar-refractivity contribution < 1.29 is 33.4 Å². The Morgan fingerprint density at radius 3 is 2.71 bits per heavy atom. The van der Waals surface area contributed by atoms with Crippen LogP contribution in [0.4, 0.5) is 5.69 Å². The molecule has 2 unspecified atom stereocenters. The monoisotopic (exact) mass is 432 g/mol. The first-order valence-electron chi connectivity index (χ1n) is 9.88. The lowest BCUT2D eigenvalue weighted by Crippen LogP contribution is -2.54. The van der Waals surface area contributed by atoms with Crippen LogP contribution in [0.15, 0.2) is 18.2 Å². The van der Waals surface area contributed by atoms with Crippen LogP contribution in [0, 0.1) is 0 Å². The third-order valence-electron chi connectivity index (χ3n) is 5.03. The van der Waals surface area contributed by atoms with Crippen LogP contribution in [0.25, 0.3) is 0 Å². The molecule has 2 aliphatic heterocycles. The van der Waals surface area contributed by atoms with Crippen LogP contribution in [0.2, 0.25) is 0 Å². The number of hydrogen-bond donors (Lipinski definition) is 3. The fourth-order valence-electron chi connectivity index (χ4n) is 3.39. The molecule has 0 aromatic heterocycles. The first-order chi connectivity index (χ1) is 14.8. The van der Waals surface area contributed by atoms with Crippen molar-refractivity contribution in [3.63, 3.8) is 0 Å². The Morgan fingerprint density at radius 2 is 2.00 bits per heavy atom. The van der Waals surface area contributed by atoms with Gasteiger partial charge in [0, 0.05) is 18.7 Å². The Bertz CT molecular complexity index is 917. The fraction of sp³-hybridized carbons (Fsp3) is 0.450. The SMILES string of the molecule is CC(OCCOCCNc1cccc2c1C(=O)N(C1CCC(=O)NC1=O)C2=O)C(N)=O. The number of ether oxygens (including phenoxy) is 2. The van der Waals surface area contributed by atoms with E-state index in [-0.39, 0.29) is 43.8 Å². The molecule has 1 fully saturated rings. The summed E-state index contributed by atoms with van der Waals surface area (Å²) >= 11 is 0. The molecule has 166 valence electrons. The molecule has 0 bridgehead atoms. The van der Waals surface area contributed by atoms with Gasteiger partial charge in [0.15, 0.2) is 0 Å². The van der Waals surface area contributed by atoms with Gasteiger partial charge in [0.25, 0.3) is 11.8 Å². The van der Waals surface area contributed by atoms with E-state index in [9.17, 15) is 24.0 Å². The van der Waals surface area contributed by atoms with E-state index in [4.69, 9.17) is 15.2 Å². The molecule has 2 atom stereocenters. The van der Waals surface area contributed by atoms with E-state index < -0.39 is 41.7 Å². The number of nitrogens with one attached hydrogen (secondary N) is 2. The van der Waals surface area contributed by atoms with Crippen LogP contribution in [-0.2, 0) is 23.9 Å². The van der Waals surface area contributed by atoms with Crippen molar-refractivity contribution in [2.24, 2.45) is 5.73 Å². The van der Waals surface area contributed by atoms with E-state index in [0.29, 0.717) is 12.2 Å². The number of carbonyl (C=O) groups is 5. The molecule has 2 heterocycles. The zero-order chi connectivity index (χ0) is 22.5. The molecule has 11 heteroatoms. The van der Waals surface area contributed by atoms with Gasteiger partial charge in [-0.1, -0.05) is 6.07 Å². The lowest BCUT2D eigenvalue weighted by atomic mass is 10.0. The molecule has 0 spiro atoms. The lowest BCUT2D eigenvalue weighted by molar-refractivity contribution is -0.136. The number of nitrogens with two attached hydrogens (primary N) is 1. The van der Waals surface area contributed by atoms with Crippen LogP contribution < -0.4 is 16.4 Å². The number of piperidine rings is 1. The molecule has 5 amide bonds. The normalized spacial score (nSPS) is 19.3. The summed E-state index contributed by atoms with van der Waals surface area (Å²) in [6, 6.07) is 3.82. The molecule has 1 saturated heterocycles. The number of benzene rings is 1. The second kappa shape index (κ2) is 9.67. The van der Waals surface area contributed by atoms with Gasteiger partial charge in [-0.25, -0.2) is 0 Å².